The number of hydrogen-bond acceptors (Lipinski definition) is 6. The van der Waals surface area contributed by atoms with Gasteiger partial charge < -0.3 is 9.52 Å². The Morgan fingerprint density at radius 2 is 2.24 bits per heavy atom. The van der Waals surface area contributed by atoms with Crippen molar-refractivity contribution < 1.29 is 14.2 Å². The van der Waals surface area contributed by atoms with Crippen molar-refractivity contribution >= 4 is 17.9 Å². The predicted molar refractivity (Wildman–Crippen MR) is 96.2 cm³/mol. The molecule has 7 nitrogen and oxygen atoms in total. The van der Waals surface area contributed by atoms with Gasteiger partial charge in [-0.2, -0.15) is 4.99 Å². The number of nitrogens with zero attached hydrogens (tertiary/aromatic N) is 4. The maximum Gasteiger partial charge on any atom is 0.300 e. The summed E-state index contributed by atoms with van der Waals surface area (Å²) in [5, 5.41) is 14.7. The Hall–Kier alpha value is -2.53. The van der Waals surface area contributed by atoms with Crippen LogP contribution in [0.15, 0.2) is 49.8 Å². The van der Waals surface area contributed by atoms with Crippen LogP contribution in [0.3, 0.4) is 0 Å². The van der Waals surface area contributed by atoms with Crippen LogP contribution < -0.4 is 5.84 Å². The number of aliphatic imine (C=N–C) groups is 2. The lowest BCUT2D eigenvalue weighted by Gasteiger charge is -2.19. The average molecular weight is 340 g/mol. The molecule has 2 aliphatic rings. The number of rotatable bonds is 4. The van der Waals surface area contributed by atoms with Crippen molar-refractivity contribution in [2.45, 2.75) is 39.2 Å². The Morgan fingerprint density at radius 3 is 2.92 bits per heavy atom. The fourth-order valence-corrected chi connectivity index (χ4v) is 2.39. The van der Waals surface area contributed by atoms with Crippen LogP contribution in [0.4, 0.5) is 0 Å². The van der Waals surface area contributed by atoms with Crippen LogP contribution >= 0.6 is 0 Å². The van der Waals surface area contributed by atoms with Gasteiger partial charge in [-0.3, -0.25) is 0 Å². The van der Waals surface area contributed by atoms with Crippen molar-refractivity contribution in [3.63, 3.8) is 0 Å². The van der Waals surface area contributed by atoms with Crippen molar-refractivity contribution in [3.8, 4) is 11.8 Å². The lowest BCUT2D eigenvalue weighted by molar-refractivity contribution is -0.803. The molecular weight excluding hydrogens is 318 g/mol. The van der Waals surface area contributed by atoms with Crippen molar-refractivity contribution in [2.75, 3.05) is 0 Å². The van der Waals surface area contributed by atoms with Gasteiger partial charge in [0.05, 0.1) is 6.26 Å². The van der Waals surface area contributed by atoms with Gasteiger partial charge in [0.25, 0.3) is 11.7 Å². The van der Waals surface area contributed by atoms with E-state index in [0.717, 1.165) is 6.42 Å². The third kappa shape index (κ3) is 3.94. The molecule has 0 saturated heterocycles. The van der Waals surface area contributed by atoms with Gasteiger partial charge in [0.1, 0.15) is 11.8 Å². The summed E-state index contributed by atoms with van der Waals surface area (Å²) in [6.07, 6.45) is 6.18. The first-order valence-corrected chi connectivity index (χ1v) is 8.21. The van der Waals surface area contributed by atoms with E-state index in [2.05, 4.69) is 40.8 Å². The molecule has 1 aromatic rings. The minimum Gasteiger partial charge on any atom is -0.461 e. The van der Waals surface area contributed by atoms with Gasteiger partial charge in [0.2, 0.25) is 0 Å². The highest BCUT2D eigenvalue weighted by Gasteiger charge is 2.39. The molecule has 3 rings (SSSR count). The zero-order valence-corrected chi connectivity index (χ0v) is 14.6. The molecule has 0 bridgehead atoms. The summed E-state index contributed by atoms with van der Waals surface area (Å²) in [6, 6.07) is 3.53. The number of hydrogen-bond donors (Lipinski definition) is 2. The smallest absolute Gasteiger partial charge is 0.300 e. The highest BCUT2D eigenvalue weighted by atomic mass is 16.3. The molecule has 3 heterocycles. The van der Waals surface area contributed by atoms with Crippen LogP contribution in [0.25, 0.3) is 0 Å². The number of fused-ring (bicyclic) bond motifs is 1. The Balaban J connectivity index is 1.80. The maximum atomic E-state index is 10.4. The van der Waals surface area contributed by atoms with Gasteiger partial charge in [-0.25, -0.2) is 4.99 Å². The molecule has 2 atom stereocenters. The molecule has 3 N–H and O–H groups in total. The molecule has 0 aromatic carbocycles. The second kappa shape index (κ2) is 6.41. The number of aliphatic hydroxyl groups is 1. The summed E-state index contributed by atoms with van der Waals surface area (Å²) in [7, 11) is 0. The molecule has 0 amide bonds. The highest BCUT2D eigenvalue weighted by molar-refractivity contribution is 6.31. The molecule has 2 unspecified atom stereocenters. The summed E-state index contributed by atoms with van der Waals surface area (Å²) >= 11 is 0. The van der Waals surface area contributed by atoms with E-state index >= 15 is 0 Å². The zero-order valence-electron chi connectivity index (χ0n) is 14.6. The van der Waals surface area contributed by atoms with Gasteiger partial charge in [-0.1, -0.05) is 19.8 Å². The van der Waals surface area contributed by atoms with E-state index in [1.807, 2.05) is 0 Å². The molecule has 0 aliphatic carbocycles. The van der Waals surface area contributed by atoms with E-state index < -0.39 is 5.60 Å². The van der Waals surface area contributed by atoms with E-state index in [-0.39, 0.29) is 4.70 Å². The Morgan fingerprint density at radius 1 is 1.44 bits per heavy atom. The fourth-order valence-electron chi connectivity index (χ4n) is 2.39. The first kappa shape index (κ1) is 17.3. The van der Waals surface area contributed by atoms with Crippen LogP contribution in [-0.2, 0) is 0 Å². The second-order valence-corrected chi connectivity index (χ2v) is 6.84. The molecule has 0 radical (unpaired) electrons. The van der Waals surface area contributed by atoms with Crippen LogP contribution in [0.1, 0.15) is 39.4 Å². The van der Waals surface area contributed by atoms with Crippen molar-refractivity contribution in [3.05, 3.63) is 36.1 Å². The van der Waals surface area contributed by atoms with Gasteiger partial charge in [-0.05, 0) is 53.5 Å². The lowest BCUT2D eigenvalue weighted by Crippen LogP contribution is -2.50. The Labute approximate surface area is 146 Å². The van der Waals surface area contributed by atoms with E-state index in [4.69, 9.17) is 10.3 Å². The number of allylic oxidation sites excluding steroid dienone is 1. The molecule has 0 spiro atoms. The topological polar surface area (TPSA) is 96.5 Å². The summed E-state index contributed by atoms with van der Waals surface area (Å²) in [5.74, 6) is 14.0. The Bertz CT molecular complexity index is 835. The number of amidine groups is 2. The van der Waals surface area contributed by atoms with Gasteiger partial charge in [0, 0.05) is 0 Å². The molecule has 7 heteroatoms. The molecule has 0 fully saturated rings. The monoisotopic (exact) mass is 340 g/mol. The number of quaternary nitrogens is 1. The first-order chi connectivity index (χ1) is 11.8. The quantitative estimate of drug-likeness (QED) is 0.499. The van der Waals surface area contributed by atoms with Gasteiger partial charge in [-0.15, -0.1) is 5.84 Å². The third-order valence-corrected chi connectivity index (χ3v) is 3.90. The minimum atomic E-state index is -1.07. The molecule has 130 valence electrons. The largest absolute Gasteiger partial charge is 0.461 e. The van der Waals surface area contributed by atoms with Crippen molar-refractivity contribution in [1.29, 1.82) is 0 Å². The van der Waals surface area contributed by atoms with Crippen LogP contribution in [0.5, 0.6) is 0 Å². The average Bonchev–Trinajstić information content (AvgIpc) is 3.17. The van der Waals surface area contributed by atoms with E-state index in [1.165, 1.54) is 6.21 Å². The van der Waals surface area contributed by atoms with Crippen molar-refractivity contribution in [2.24, 2.45) is 26.8 Å². The summed E-state index contributed by atoms with van der Waals surface area (Å²) < 4.78 is 4.94. The summed E-state index contributed by atoms with van der Waals surface area (Å²) in [6.45, 7) is 5.93. The molecule has 2 aliphatic heterocycles. The maximum absolute atomic E-state index is 10.4. The number of furan rings is 1. The van der Waals surface area contributed by atoms with E-state index in [9.17, 15) is 5.11 Å². The van der Waals surface area contributed by atoms with Crippen LogP contribution in [0, 0.1) is 17.8 Å². The molecular formula is C18H22N5O2+. The van der Waals surface area contributed by atoms with Crippen LogP contribution in [0.2, 0.25) is 0 Å². The van der Waals surface area contributed by atoms with Gasteiger partial charge >= 0.3 is 0 Å². The normalized spacial score (nSPS) is 24.0. The van der Waals surface area contributed by atoms with E-state index in [0.29, 0.717) is 35.5 Å². The molecule has 1 aromatic heterocycles. The highest BCUT2D eigenvalue weighted by Crippen LogP contribution is 2.21. The first-order valence-electron chi connectivity index (χ1n) is 8.21. The third-order valence-electron chi connectivity index (χ3n) is 3.90. The zero-order chi connectivity index (χ0) is 18.1. The molecule has 0 saturated carbocycles. The van der Waals surface area contributed by atoms with Crippen molar-refractivity contribution in [1.82, 2.24) is 0 Å². The summed E-state index contributed by atoms with van der Waals surface area (Å²) in [4.78, 5) is 8.60. The SMILES string of the molecule is CC(C)CCC(C)(O)C#CC1=C[N+]2(N)N=C(c3ccco3)N=C2C=N1. The minimum absolute atomic E-state index is 0.363. The predicted octanol–water partition coefficient (Wildman–Crippen LogP) is 2.16. The standard InChI is InChI=1S/C18H22N5O2/c1-13(2)6-8-18(3,24)9-7-14-12-23(19)16(11-20-14)21-17(22-23)15-5-4-10-25-15/h4-5,10-13,24H,6,8,19H2,1-3H3/q+1. The lowest BCUT2D eigenvalue weighted by atomic mass is 9.96. The Kier molecular flexibility index (Phi) is 4.43. The van der Waals surface area contributed by atoms with E-state index in [1.54, 1.807) is 31.5 Å². The second-order valence-electron chi connectivity index (χ2n) is 6.84. The van der Waals surface area contributed by atoms with Crippen LogP contribution in [-0.4, -0.2) is 33.3 Å². The molecule has 25 heavy (non-hydrogen) atoms. The fraction of sp³-hybridized carbons (Fsp3) is 0.389. The summed E-state index contributed by atoms with van der Waals surface area (Å²) in [5.41, 5.74) is -0.627. The van der Waals surface area contributed by atoms with Gasteiger partial charge in [0.15, 0.2) is 17.7 Å². The number of nitrogens with two attached hydrogens (primary N) is 1.